The molecule has 0 unspecified atom stereocenters. The number of amides is 2. The van der Waals surface area contributed by atoms with E-state index in [0.29, 0.717) is 29.2 Å². The van der Waals surface area contributed by atoms with Crippen molar-refractivity contribution in [3.05, 3.63) is 93.7 Å². The van der Waals surface area contributed by atoms with Crippen molar-refractivity contribution in [2.24, 2.45) is 0 Å². The Bertz CT molecular complexity index is 1130. The lowest BCUT2D eigenvalue weighted by Crippen LogP contribution is -2.39. The van der Waals surface area contributed by atoms with Gasteiger partial charge in [0.1, 0.15) is 18.1 Å². The van der Waals surface area contributed by atoms with Crippen molar-refractivity contribution in [2.75, 3.05) is 18.5 Å². The molecule has 0 radical (unpaired) electrons. The number of ether oxygens (including phenoxy) is 1. The fraction of sp³-hybridized carbons (Fsp3) is 0.167. The van der Waals surface area contributed by atoms with Crippen LogP contribution < -0.4 is 10.1 Å². The molecule has 3 aromatic rings. The number of para-hydroxylation sites is 1. The molecule has 0 saturated carbocycles. The van der Waals surface area contributed by atoms with Crippen molar-refractivity contribution in [3.8, 4) is 5.75 Å². The molecule has 1 heterocycles. The standard InChI is InChI=1S/C24H20BrFN2O3/c1-2-31-21-6-4-3-5-18(21)24(30)28-14-22(29)27-20-12-9-16(25)13-19(20)23(28)15-7-10-17(26)11-8-15/h3-13,23H,2,14H2,1H3,(H,27,29)/t23-/m0/s1. The minimum atomic E-state index is -0.603. The molecule has 0 spiro atoms. The zero-order valence-corrected chi connectivity index (χ0v) is 18.4. The van der Waals surface area contributed by atoms with Gasteiger partial charge in [-0.3, -0.25) is 9.59 Å². The van der Waals surface area contributed by atoms with E-state index < -0.39 is 6.04 Å². The molecule has 7 heteroatoms. The smallest absolute Gasteiger partial charge is 0.258 e. The number of fused-ring (bicyclic) bond motifs is 1. The Hall–Kier alpha value is -3.19. The largest absolute Gasteiger partial charge is 0.493 e. The number of benzene rings is 3. The average molecular weight is 483 g/mol. The van der Waals surface area contributed by atoms with E-state index in [4.69, 9.17) is 4.74 Å². The third kappa shape index (κ3) is 4.32. The van der Waals surface area contributed by atoms with Gasteiger partial charge in [0.05, 0.1) is 18.2 Å². The van der Waals surface area contributed by atoms with Crippen molar-refractivity contribution in [3.63, 3.8) is 0 Å². The van der Waals surface area contributed by atoms with Crippen molar-refractivity contribution in [1.82, 2.24) is 4.90 Å². The zero-order chi connectivity index (χ0) is 22.0. The molecule has 1 atom stereocenters. The van der Waals surface area contributed by atoms with E-state index in [1.165, 1.54) is 17.0 Å². The van der Waals surface area contributed by atoms with E-state index in [-0.39, 0.29) is 24.2 Å². The average Bonchev–Trinajstić information content (AvgIpc) is 2.90. The minimum absolute atomic E-state index is 0.159. The van der Waals surface area contributed by atoms with Gasteiger partial charge in [-0.25, -0.2) is 4.39 Å². The van der Waals surface area contributed by atoms with Gasteiger partial charge in [-0.15, -0.1) is 0 Å². The van der Waals surface area contributed by atoms with Gasteiger partial charge in [0.2, 0.25) is 5.91 Å². The Morgan fingerprint density at radius 2 is 1.90 bits per heavy atom. The van der Waals surface area contributed by atoms with Gasteiger partial charge in [0.15, 0.2) is 0 Å². The number of rotatable bonds is 4. The first-order valence-electron chi connectivity index (χ1n) is 9.85. The fourth-order valence-electron chi connectivity index (χ4n) is 3.75. The van der Waals surface area contributed by atoms with Gasteiger partial charge >= 0.3 is 0 Å². The fourth-order valence-corrected chi connectivity index (χ4v) is 4.13. The molecule has 0 saturated heterocycles. The van der Waals surface area contributed by atoms with Crippen LogP contribution in [0, 0.1) is 5.82 Å². The summed E-state index contributed by atoms with van der Waals surface area (Å²) >= 11 is 3.48. The quantitative estimate of drug-likeness (QED) is 0.557. The number of hydrogen-bond acceptors (Lipinski definition) is 3. The highest BCUT2D eigenvalue weighted by molar-refractivity contribution is 9.10. The first-order valence-corrected chi connectivity index (χ1v) is 10.6. The van der Waals surface area contributed by atoms with E-state index in [1.54, 1.807) is 42.5 Å². The molecule has 31 heavy (non-hydrogen) atoms. The summed E-state index contributed by atoms with van der Waals surface area (Å²) in [5, 5.41) is 2.88. The molecule has 0 aromatic heterocycles. The van der Waals surface area contributed by atoms with Crippen LogP contribution in [0.25, 0.3) is 0 Å². The Labute approximate surface area is 188 Å². The molecule has 5 nitrogen and oxygen atoms in total. The van der Waals surface area contributed by atoms with Crippen LogP contribution in [0.2, 0.25) is 0 Å². The number of anilines is 1. The molecule has 0 fully saturated rings. The molecule has 158 valence electrons. The van der Waals surface area contributed by atoms with Crippen molar-refractivity contribution >= 4 is 33.4 Å². The van der Waals surface area contributed by atoms with Crippen LogP contribution >= 0.6 is 15.9 Å². The van der Waals surface area contributed by atoms with Crippen LogP contribution in [-0.2, 0) is 4.79 Å². The molecule has 1 N–H and O–H groups in total. The summed E-state index contributed by atoms with van der Waals surface area (Å²) in [5.74, 6) is -0.579. The minimum Gasteiger partial charge on any atom is -0.493 e. The second kappa shape index (κ2) is 8.89. The summed E-state index contributed by atoms with van der Waals surface area (Å²) in [7, 11) is 0. The Morgan fingerprint density at radius 1 is 1.16 bits per heavy atom. The number of nitrogens with zero attached hydrogens (tertiary/aromatic N) is 1. The SMILES string of the molecule is CCOc1ccccc1C(=O)N1CC(=O)Nc2ccc(Br)cc2[C@@H]1c1ccc(F)cc1. The predicted molar refractivity (Wildman–Crippen MR) is 120 cm³/mol. The van der Waals surface area contributed by atoms with Gasteiger partial charge in [-0.1, -0.05) is 40.2 Å². The van der Waals surface area contributed by atoms with Gasteiger partial charge in [0.25, 0.3) is 5.91 Å². The maximum Gasteiger partial charge on any atom is 0.258 e. The number of carbonyl (C=O) groups excluding carboxylic acids is 2. The Kier molecular flexibility index (Phi) is 6.04. The van der Waals surface area contributed by atoms with Crippen LogP contribution in [0.1, 0.15) is 34.5 Å². The molecule has 2 amide bonds. The van der Waals surface area contributed by atoms with Crippen molar-refractivity contribution in [2.45, 2.75) is 13.0 Å². The summed E-state index contributed by atoms with van der Waals surface area (Å²) in [6.45, 7) is 2.09. The lowest BCUT2D eigenvalue weighted by molar-refractivity contribution is -0.117. The number of hydrogen-bond donors (Lipinski definition) is 1. The topological polar surface area (TPSA) is 58.6 Å². The second-order valence-corrected chi connectivity index (χ2v) is 8.01. The first kappa shape index (κ1) is 21.1. The number of nitrogens with one attached hydrogen (secondary N) is 1. The van der Waals surface area contributed by atoms with E-state index in [0.717, 1.165) is 10.0 Å². The first-order chi connectivity index (χ1) is 15.0. The van der Waals surface area contributed by atoms with Crippen LogP contribution in [0.3, 0.4) is 0 Å². The molecular weight excluding hydrogens is 463 g/mol. The molecule has 1 aliphatic rings. The molecule has 4 rings (SSSR count). The molecular formula is C24H20BrFN2O3. The lowest BCUT2D eigenvalue weighted by Gasteiger charge is -2.31. The third-order valence-electron chi connectivity index (χ3n) is 5.07. The van der Waals surface area contributed by atoms with E-state index in [9.17, 15) is 14.0 Å². The highest BCUT2D eigenvalue weighted by atomic mass is 79.9. The summed E-state index contributed by atoms with van der Waals surface area (Å²) in [5.41, 5.74) is 2.40. The Balaban J connectivity index is 1.89. The van der Waals surface area contributed by atoms with E-state index >= 15 is 0 Å². The summed E-state index contributed by atoms with van der Waals surface area (Å²) in [6, 6.07) is 17.8. The molecule has 0 bridgehead atoms. The normalized spacial score (nSPS) is 15.6. The molecule has 3 aromatic carbocycles. The summed E-state index contributed by atoms with van der Waals surface area (Å²) in [6.07, 6.45) is 0. The lowest BCUT2D eigenvalue weighted by atomic mass is 9.95. The number of carbonyl (C=O) groups is 2. The third-order valence-corrected chi connectivity index (χ3v) is 5.57. The summed E-state index contributed by atoms with van der Waals surface area (Å²) < 4.78 is 20.1. The number of halogens is 2. The molecule has 0 aliphatic carbocycles. The van der Waals surface area contributed by atoms with Gasteiger partial charge in [-0.2, -0.15) is 0 Å². The monoisotopic (exact) mass is 482 g/mol. The maximum absolute atomic E-state index is 13.7. The van der Waals surface area contributed by atoms with Crippen molar-refractivity contribution in [1.29, 1.82) is 0 Å². The second-order valence-electron chi connectivity index (χ2n) is 7.10. The zero-order valence-electron chi connectivity index (χ0n) is 16.8. The van der Waals surface area contributed by atoms with Crippen LogP contribution in [-0.4, -0.2) is 29.9 Å². The van der Waals surface area contributed by atoms with Gasteiger partial charge in [0, 0.05) is 15.7 Å². The van der Waals surface area contributed by atoms with Crippen LogP contribution in [0.15, 0.2) is 71.2 Å². The highest BCUT2D eigenvalue weighted by Crippen LogP contribution is 2.38. The maximum atomic E-state index is 13.7. The van der Waals surface area contributed by atoms with Gasteiger partial charge < -0.3 is 15.0 Å². The van der Waals surface area contributed by atoms with Crippen molar-refractivity contribution < 1.29 is 18.7 Å². The van der Waals surface area contributed by atoms with Crippen LogP contribution in [0.5, 0.6) is 5.75 Å². The van der Waals surface area contributed by atoms with E-state index in [2.05, 4.69) is 21.2 Å². The molecule has 1 aliphatic heterocycles. The summed E-state index contributed by atoms with van der Waals surface area (Å²) in [4.78, 5) is 27.9. The van der Waals surface area contributed by atoms with Gasteiger partial charge in [-0.05, 0) is 55.0 Å². The Morgan fingerprint density at radius 3 is 2.65 bits per heavy atom. The predicted octanol–water partition coefficient (Wildman–Crippen LogP) is 5.17. The van der Waals surface area contributed by atoms with Crippen LogP contribution in [0.4, 0.5) is 10.1 Å². The highest BCUT2D eigenvalue weighted by Gasteiger charge is 2.35. The van der Waals surface area contributed by atoms with E-state index in [1.807, 2.05) is 19.1 Å².